The normalized spacial score (nSPS) is 11.0. The first kappa shape index (κ1) is 17.2. The first-order valence-corrected chi connectivity index (χ1v) is 9.08. The fourth-order valence-electron chi connectivity index (χ4n) is 2.79. The molecule has 0 bridgehead atoms. The summed E-state index contributed by atoms with van der Waals surface area (Å²) in [6.07, 6.45) is 1.83. The number of fused-ring (bicyclic) bond motifs is 1. The lowest BCUT2D eigenvalue weighted by Crippen LogP contribution is -2.25. The van der Waals surface area contributed by atoms with Crippen LogP contribution in [0.25, 0.3) is 16.8 Å². The number of nitrogen functional groups attached to an aromatic ring is 1. The summed E-state index contributed by atoms with van der Waals surface area (Å²) in [5.41, 5.74) is 9.00. The van der Waals surface area contributed by atoms with Crippen LogP contribution in [0.1, 0.15) is 15.2 Å². The second-order valence-electron chi connectivity index (χ2n) is 6.18. The average molecular weight is 381 g/mol. The Kier molecular flexibility index (Phi) is 4.33. The van der Waals surface area contributed by atoms with Crippen molar-refractivity contribution in [1.29, 1.82) is 0 Å². The van der Waals surface area contributed by atoms with Crippen molar-refractivity contribution in [3.05, 3.63) is 70.3 Å². The molecule has 6 nitrogen and oxygen atoms in total. The molecule has 0 unspecified atom stereocenters. The zero-order chi connectivity index (χ0) is 19.0. The van der Waals surface area contributed by atoms with Crippen LogP contribution in [0.3, 0.4) is 0 Å². The highest BCUT2D eigenvalue weighted by Gasteiger charge is 2.15. The number of nitrogens with two attached hydrogens (primary N) is 1. The molecule has 0 radical (unpaired) electrons. The van der Waals surface area contributed by atoms with Crippen LogP contribution < -0.4 is 5.73 Å². The van der Waals surface area contributed by atoms with Gasteiger partial charge < -0.3 is 10.6 Å². The molecular formula is C19H16FN5OS. The van der Waals surface area contributed by atoms with E-state index in [1.807, 2.05) is 29.8 Å². The Morgan fingerprint density at radius 1 is 1.22 bits per heavy atom. The standard InChI is InChI=1S/C19H16FN5OS/c1-24(9-12-2-5-15(20)6-3-12)18(26)16-8-14(11-27-16)13-4-7-17-22-19(21)23-25(17)10-13/h2-8,10-11H,9H2,1H3,(H2,21,23). The molecule has 27 heavy (non-hydrogen) atoms. The molecule has 8 heteroatoms. The van der Waals surface area contributed by atoms with Gasteiger partial charge in [0.1, 0.15) is 5.82 Å². The molecule has 0 fully saturated rings. The summed E-state index contributed by atoms with van der Waals surface area (Å²) in [7, 11) is 1.73. The first-order chi connectivity index (χ1) is 13.0. The highest BCUT2D eigenvalue weighted by atomic mass is 32.1. The SMILES string of the molecule is CN(Cc1ccc(F)cc1)C(=O)c1cc(-c2ccc3nc(N)nn3c2)cs1. The number of nitrogens with zero attached hydrogens (tertiary/aromatic N) is 4. The van der Waals surface area contributed by atoms with Crippen LogP contribution in [0.2, 0.25) is 0 Å². The largest absolute Gasteiger partial charge is 0.366 e. The van der Waals surface area contributed by atoms with Gasteiger partial charge in [0.2, 0.25) is 5.95 Å². The molecule has 1 aromatic carbocycles. The number of benzene rings is 1. The molecule has 2 N–H and O–H groups in total. The van der Waals surface area contributed by atoms with E-state index in [2.05, 4.69) is 10.1 Å². The van der Waals surface area contributed by atoms with Gasteiger partial charge in [0.15, 0.2) is 5.65 Å². The second kappa shape index (κ2) is 6.81. The van der Waals surface area contributed by atoms with Gasteiger partial charge in [-0.2, -0.15) is 4.98 Å². The number of anilines is 1. The summed E-state index contributed by atoms with van der Waals surface area (Å²) in [5.74, 6) is -0.154. The molecule has 0 aliphatic heterocycles. The van der Waals surface area contributed by atoms with Crippen LogP contribution in [0.5, 0.6) is 0 Å². The van der Waals surface area contributed by atoms with Crippen molar-refractivity contribution in [2.75, 3.05) is 12.8 Å². The van der Waals surface area contributed by atoms with Gasteiger partial charge in [0.25, 0.3) is 5.91 Å². The summed E-state index contributed by atoms with van der Waals surface area (Å²) in [5, 5.41) is 6.04. The Bertz CT molecular complexity index is 1120. The lowest BCUT2D eigenvalue weighted by atomic mass is 10.1. The first-order valence-electron chi connectivity index (χ1n) is 8.20. The van der Waals surface area contributed by atoms with Crippen molar-refractivity contribution in [3.8, 4) is 11.1 Å². The van der Waals surface area contributed by atoms with Crippen molar-refractivity contribution >= 4 is 28.8 Å². The number of carbonyl (C=O) groups is 1. The summed E-state index contributed by atoms with van der Waals surface area (Å²) in [4.78, 5) is 19.0. The molecule has 0 saturated carbocycles. The Morgan fingerprint density at radius 2 is 2.00 bits per heavy atom. The van der Waals surface area contributed by atoms with Crippen molar-refractivity contribution in [2.24, 2.45) is 0 Å². The van der Waals surface area contributed by atoms with Crippen LogP contribution >= 0.6 is 11.3 Å². The van der Waals surface area contributed by atoms with Gasteiger partial charge in [-0.1, -0.05) is 12.1 Å². The molecule has 0 aliphatic rings. The minimum atomic E-state index is -0.290. The number of carbonyl (C=O) groups excluding carboxylic acids is 1. The molecule has 136 valence electrons. The van der Waals surface area contributed by atoms with Crippen LogP contribution in [-0.4, -0.2) is 32.5 Å². The Balaban J connectivity index is 1.53. The summed E-state index contributed by atoms with van der Waals surface area (Å²) >= 11 is 1.38. The van der Waals surface area contributed by atoms with Gasteiger partial charge in [0, 0.05) is 25.4 Å². The summed E-state index contributed by atoms with van der Waals surface area (Å²) in [6.45, 7) is 0.413. The third-order valence-corrected chi connectivity index (χ3v) is 5.09. The molecular weight excluding hydrogens is 365 g/mol. The molecule has 0 saturated heterocycles. The highest BCUT2D eigenvalue weighted by molar-refractivity contribution is 7.12. The summed E-state index contributed by atoms with van der Waals surface area (Å²) < 4.78 is 14.6. The number of rotatable bonds is 4. The summed E-state index contributed by atoms with van der Waals surface area (Å²) in [6, 6.07) is 11.7. The molecule has 4 rings (SSSR count). The number of amides is 1. The molecule has 0 atom stereocenters. The minimum absolute atomic E-state index is 0.0818. The number of aromatic nitrogens is 3. The second-order valence-corrected chi connectivity index (χ2v) is 7.09. The molecule has 0 aliphatic carbocycles. The van der Waals surface area contributed by atoms with Gasteiger partial charge in [-0.05, 0) is 46.8 Å². The maximum absolute atomic E-state index is 13.0. The van der Waals surface area contributed by atoms with Crippen LogP contribution in [0.4, 0.5) is 10.3 Å². The highest BCUT2D eigenvalue weighted by Crippen LogP contribution is 2.27. The monoisotopic (exact) mass is 381 g/mol. The molecule has 3 aromatic heterocycles. The maximum atomic E-state index is 13.0. The van der Waals surface area contributed by atoms with Crippen molar-refractivity contribution < 1.29 is 9.18 Å². The number of thiophene rings is 1. The lowest BCUT2D eigenvalue weighted by Gasteiger charge is -2.16. The van der Waals surface area contributed by atoms with Crippen LogP contribution in [0, 0.1) is 5.82 Å². The van der Waals surface area contributed by atoms with Crippen molar-refractivity contribution in [1.82, 2.24) is 19.5 Å². The van der Waals surface area contributed by atoms with E-state index in [1.165, 1.54) is 23.5 Å². The maximum Gasteiger partial charge on any atom is 0.263 e. The smallest absolute Gasteiger partial charge is 0.263 e. The van der Waals surface area contributed by atoms with Gasteiger partial charge in [-0.15, -0.1) is 16.4 Å². The van der Waals surface area contributed by atoms with E-state index in [0.29, 0.717) is 17.1 Å². The molecule has 1 amide bonds. The van der Waals surface area contributed by atoms with Crippen molar-refractivity contribution in [2.45, 2.75) is 6.54 Å². The van der Waals surface area contributed by atoms with Gasteiger partial charge in [-0.3, -0.25) is 4.79 Å². The quantitative estimate of drug-likeness (QED) is 0.587. The Morgan fingerprint density at radius 3 is 2.78 bits per heavy atom. The van der Waals surface area contributed by atoms with Crippen LogP contribution in [-0.2, 0) is 6.54 Å². The Hall–Kier alpha value is -3.26. The van der Waals surface area contributed by atoms with E-state index in [1.54, 1.807) is 28.6 Å². The molecule has 4 aromatic rings. The van der Waals surface area contributed by atoms with Gasteiger partial charge in [0.05, 0.1) is 4.88 Å². The number of hydrogen-bond acceptors (Lipinski definition) is 5. The zero-order valence-corrected chi connectivity index (χ0v) is 15.3. The molecule has 3 heterocycles. The predicted molar refractivity (Wildman–Crippen MR) is 103 cm³/mol. The fourth-order valence-corrected chi connectivity index (χ4v) is 3.70. The lowest BCUT2D eigenvalue weighted by molar-refractivity contribution is 0.0790. The van der Waals surface area contributed by atoms with Crippen molar-refractivity contribution in [3.63, 3.8) is 0 Å². The predicted octanol–water partition coefficient (Wildman–Crippen LogP) is 3.45. The van der Waals surface area contributed by atoms with E-state index in [4.69, 9.17) is 5.73 Å². The number of halogens is 1. The van der Waals surface area contributed by atoms with E-state index in [-0.39, 0.29) is 17.7 Å². The average Bonchev–Trinajstić information content (AvgIpc) is 3.28. The van der Waals surface area contributed by atoms with Gasteiger partial charge >= 0.3 is 0 Å². The van der Waals surface area contributed by atoms with E-state index in [9.17, 15) is 9.18 Å². The van der Waals surface area contributed by atoms with Gasteiger partial charge in [-0.25, -0.2) is 8.91 Å². The van der Waals surface area contributed by atoms with Crippen LogP contribution in [0.15, 0.2) is 54.0 Å². The molecule has 0 spiro atoms. The number of pyridine rings is 1. The minimum Gasteiger partial charge on any atom is -0.366 e. The Labute approximate surface area is 158 Å². The third kappa shape index (κ3) is 3.52. The van der Waals surface area contributed by atoms with E-state index < -0.39 is 0 Å². The van der Waals surface area contributed by atoms with E-state index in [0.717, 1.165) is 16.7 Å². The number of hydrogen-bond donors (Lipinski definition) is 1. The zero-order valence-electron chi connectivity index (χ0n) is 14.5. The third-order valence-electron chi connectivity index (χ3n) is 4.17. The van der Waals surface area contributed by atoms with E-state index >= 15 is 0 Å². The fraction of sp³-hybridized carbons (Fsp3) is 0.105. The topological polar surface area (TPSA) is 76.5 Å².